The number of nitrogens with one attached hydrogen (secondary N) is 1. The SMILES string of the molecule is Cc1ccsc1CNC(=O)N1CCC[C@@H](C(=O)c2cccs2)C1. The van der Waals surface area contributed by atoms with Crippen molar-refractivity contribution >= 4 is 34.5 Å². The third kappa shape index (κ3) is 3.82. The molecule has 4 nitrogen and oxygen atoms in total. The zero-order valence-corrected chi connectivity index (χ0v) is 14.7. The Hall–Kier alpha value is -1.66. The Kier molecular flexibility index (Phi) is 5.13. The summed E-state index contributed by atoms with van der Waals surface area (Å²) in [6.45, 7) is 3.85. The fourth-order valence-corrected chi connectivity index (χ4v) is 4.44. The predicted molar refractivity (Wildman–Crippen MR) is 94.2 cm³/mol. The summed E-state index contributed by atoms with van der Waals surface area (Å²) in [5, 5.41) is 6.93. The molecule has 23 heavy (non-hydrogen) atoms. The number of hydrogen-bond donors (Lipinski definition) is 1. The summed E-state index contributed by atoms with van der Waals surface area (Å²) in [6, 6.07) is 5.75. The van der Waals surface area contributed by atoms with Crippen molar-refractivity contribution in [1.82, 2.24) is 10.2 Å². The average Bonchev–Trinajstić information content (AvgIpc) is 3.24. The van der Waals surface area contributed by atoms with Gasteiger partial charge in [0.2, 0.25) is 0 Å². The van der Waals surface area contributed by atoms with Gasteiger partial charge in [-0.2, -0.15) is 0 Å². The van der Waals surface area contributed by atoms with Crippen molar-refractivity contribution in [2.75, 3.05) is 13.1 Å². The number of ketones is 1. The van der Waals surface area contributed by atoms with Crippen LogP contribution in [-0.2, 0) is 6.54 Å². The van der Waals surface area contributed by atoms with Gasteiger partial charge in [-0.3, -0.25) is 4.79 Å². The lowest BCUT2D eigenvalue weighted by Gasteiger charge is -2.31. The number of carbonyl (C=O) groups excluding carboxylic acids is 2. The van der Waals surface area contributed by atoms with E-state index in [1.54, 1.807) is 16.2 Å². The van der Waals surface area contributed by atoms with E-state index in [2.05, 4.69) is 18.3 Å². The predicted octanol–water partition coefficient (Wildman–Crippen LogP) is 3.92. The van der Waals surface area contributed by atoms with Crippen LogP contribution in [0.1, 0.15) is 33.0 Å². The summed E-state index contributed by atoms with van der Waals surface area (Å²) in [5.74, 6) is 0.100. The van der Waals surface area contributed by atoms with Crippen LogP contribution in [0.15, 0.2) is 29.0 Å². The zero-order chi connectivity index (χ0) is 16.2. The van der Waals surface area contributed by atoms with Crippen molar-refractivity contribution in [3.05, 3.63) is 44.3 Å². The number of piperidine rings is 1. The highest BCUT2D eigenvalue weighted by molar-refractivity contribution is 7.12. The first-order chi connectivity index (χ1) is 11.1. The van der Waals surface area contributed by atoms with E-state index < -0.39 is 0 Å². The molecule has 1 atom stereocenters. The number of Topliss-reactive ketones (excluding diaryl/α,β-unsaturated/α-hetero) is 1. The minimum atomic E-state index is -0.0726. The van der Waals surface area contributed by atoms with Crippen LogP contribution in [0.25, 0.3) is 0 Å². The molecule has 3 rings (SSSR count). The molecule has 1 saturated heterocycles. The van der Waals surface area contributed by atoms with E-state index in [1.165, 1.54) is 21.8 Å². The quantitative estimate of drug-likeness (QED) is 0.851. The molecule has 0 bridgehead atoms. The molecule has 0 radical (unpaired) electrons. The maximum atomic E-state index is 12.5. The second-order valence-corrected chi connectivity index (χ2v) is 7.76. The molecule has 2 amide bonds. The highest BCUT2D eigenvalue weighted by Gasteiger charge is 2.29. The van der Waals surface area contributed by atoms with Gasteiger partial charge in [0.25, 0.3) is 0 Å². The molecule has 0 unspecified atom stereocenters. The highest BCUT2D eigenvalue weighted by Crippen LogP contribution is 2.23. The first-order valence-electron chi connectivity index (χ1n) is 7.78. The van der Waals surface area contributed by atoms with Gasteiger partial charge in [-0.15, -0.1) is 22.7 Å². The number of amides is 2. The van der Waals surface area contributed by atoms with Gasteiger partial charge in [0.1, 0.15) is 0 Å². The third-order valence-electron chi connectivity index (χ3n) is 4.21. The summed E-state index contributed by atoms with van der Waals surface area (Å²) >= 11 is 3.13. The van der Waals surface area contributed by atoms with E-state index >= 15 is 0 Å². The van der Waals surface area contributed by atoms with E-state index in [-0.39, 0.29) is 17.7 Å². The van der Waals surface area contributed by atoms with Crippen LogP contribution in [0.4, 0.5) is 4.79 Å². The molecule has 0 spiro atoms. The number of likely N-dealkylation sites (tertiary alicyclic amines) is 1. The van der Waals surface area contributed by atoms with Gasteiger partial charge in [0.15, 0.2) is 5.78 Å². The maximum absolute atomic E-state index is 12.5. The molecule has 0 aromatic carbocycles. The summed E-state index contributed by atoms with van der Waals surface area (Å²) in [6.07, 6.45) is 1.75. The van der Waals surface area contributed by atoms with Crippen molar-refractivity contribution in [3.63, 3.8) is 0 Å². The minimum absolute atomic E-state index is 0.0681. The maximum Gasteiger partial charge on any atom is 0.317 e. The molecular formula is C17H20N2O2S2. The van der Waals surface area contributed by atoms with Gasteiger partial charge >= 0.3 is 6.03 Å². The van der Waals surface area contributed by atoms with Gasteiger partial charge < -0.3 is 10.2 Å². The lowest BCUT2D eigenvalue weighted by atomic mass is 9.93. The molecule has 1 N–H and O–H groups in total. The summed E-state index contributed by atoms with van der Waals surface area (Å²) in [7, 11) is 0. The van der Waals surface area contributed by atoms with Crippen LogP contribution in [-0.4, -0.2) is 29.8 Å². The van der Waals surface area contributed by atoms with Crippen LogP contribution in [0, 0.1) is 12.8 Å². The Bertz CT molecular complexity index is 679. The molecule has 2 aromatic heterocycles. The smallest absolute Gasteiger partial charge is 0.317 e. The Labute approximate surface area is 144 Å². The Morgan fingerprint density at radius 2 is 2.17 bits per heavy atom. The molecule has 3 heterocycles. The van der Waals surface area contributed by atoms with E-state index in [9.17, 15) is 9.59 Å². The fourth-order valence-electron chi connectivity index (χ4n) is 2.85. The number of carbonyl (C=O) groups is 2. The fraction of sp³-hybridized carbons (Fsp3) is 0.412. The van der Waals surface area contributed by atoms with E-state index in [4.69, 9.17) is 0 Å². The Morgan fingerprint density at radius 3 is 2.87 bits per heavy atom. The van der Waals surface area contributed by atoms with Crippen molar-refractivity contribution in [3.8, 4) is 0 Å². The molecule has 122 valence electrons. The van der Waals surface area contributed by atoms with Gasteiger partial charge in [0.05, 0.1) is 11.4 Å². The number of rotatable bonds is 4. The normalized spacial score (nSPS) is 18.0. The van der Waals surface area contributed by atoms with Crippen molar-refractivity contribution in [2.24, 2.45) is 5.92 Å². The molecule has 2 aromatic rings. The van der Waals surface area contributed by atoms with Crippen LogP contribution in [0.3, 0.4) is 0 Å². The minimum Gasteiger partial charge on any atom is -0.333 e. The first-order valence-corrected chi connectivity index (χ1v) is 9.54. The Morgan fingerprint density at radius 1 is 1.30 bits per heavy atom. The zero-order valence-electron chi connectivity index (χ0n) is 13.1. The van der Waals surface area contributed by atoms with Crippen molar-refractivity contribution < 1.29 is 9.59 Å². The van der Waals surface area contributed by atoms with Gasteiger partial charge in [-0.05, 0) is 48.2 Å². The largest absolute Gasteiger partial charge is 0.333 e. The van der Waals surface area contributed by atoms with E-state index in [0.717, 1.165) is 24.3 Å². The summed E-state index contributed by atoms with van der Waals surface area (Å²) in [4.78, 5) is 28.6. The van der Waals surface area contributed by atoms with Crippen LogP contribution in [0.2, 0.25) is 0 Å². The number of urea groups is 1. The van der Waals surface area contributed by atoms with Crippen molar-refractivity contribution in [1.29, 1.82) is 0 Å². The number of aryl methyl sites for hydroxylation is 1. The monoisotopic (exact) mass is 348 g/mol. The topological polar surface area (TPSA) is 49.4 Å². The summed E-state index contributed by atoms with van der Waals surface area (Å²) < 4.78 is 0. The van der Waals surface area contributed by atoms with Crippen LogP contribution in [0.5, 0.6) is 0 Å². The molecule has 1 aliphatic rings. The summed E-state index contributed by atoms with van der Waals surface area (Å²) in [5.41, 5.74) is 1.21. The third-order valence-corrected chi connectivity index (χ3v) is 6.12. The lowest BCUT2D eigenvalue weighted by Crippen LogP contribution is -2.46. The van der Waals surface area contributed by atoms with Gasteiger partial charge in [0, 0.05) is 23.9 Å². The molecule has 0 aliphatic carbocycles. The molecule has 1 aliphatic heterocycles. The second-order valence-electron chi connectivity index (χ2n) is 5.81. The van der Waals surface area contributed by atoms with Gasteiger partial charge in [-0.1, -0.05) is 6.07 Å². The van der Waals surface area contributed by atoms with E-state index in [1.807, 2.05) is 22.9 Å². The standard InChI is InChI=1S/C17H20N2O2S2/c1-12-6-9-23-15(12)10-18-17(21)19-7-2-4-13(11-19)16(20)14-5-3-8-22-14/h3,5-6,8-9,13H,2,4,7,10-11H2,1H3,(H,18,21)/t13-/m1/s1. The number of thiophene rings is 2. The van der Waals surface area contributed by atoms with Crippen LogP contribution < -0.4 is 5.32 Å². The van der Waals surface area contributed by atoms with E-state index in [0.29, 0.717) is 13.1 Å². The Balaban J connectivity index is 1.56. The average molecular weight is 348 g/mol. The van der Waals surface area contributed by atoms with Crippen molar-refractivity contribution in [2.45, 2.75) is 26.3 Å². The van der Waals surface area contributed by atoms with Crippen LogP contribution >= 0.6 is 22.7 Å². The molecule has 0 saturated carbocycles. The molecular weight excluding hydrogens is 328 g/mol. The lowest BCUT2D eigenvalue weighted by molar-refractivity contribution is 0.0850. The number of hydrogen-bond acceptors (Lipinski definition) is 4. The first kappa shape index (κ1) is 16.2. The highest BCUT2D eigenvalue weighted by atomic mass is 32.1. The van der Waals surface area contributed by atoms with Gasteiger partial charge in [-0.25, -0.2) is 4.79 Å². The molecule has 1 fully saturated rings. The number of nitrogens with zero attached hydrogens (tertiary/aromatic N) is 1. The molecule has 6 heteroatoms. The second kappa shape index (κ2) is 7.27.